The predicted octanol–water partition coefficient (Wildman–Crippen LogP) is 1.81. The second-order valence-corrected chi connectivity index (χ2v) is 4.07. The molecule has 3 nitrogen and oxygen atoms in total. The van der Waals surface area contributed by atoms with E-state index in [-0.39, 0.29) is 11.7 Å². The molecule has 74 valence electrons. The number of hydrogen-bond acceptors (Lipinski definition) is 3. The van der Waals surface area contributed by atoms with Crippen molar-refractivity contribution < 1.29 is 4.79 Å². The van der Waals surface area contributed by atoms with Crippen LogP contribution < -0.4 is 5.73 Å². The fraction of sp³-hybridized carbons (Fsp3) is 0.455. The number of aromatic nitrogens is 1. The third-order valence-corrected chi connectivity index (χ3v) is 2.88. The van der Waals surface area contributed by atoms with Crippen LogP contribution in [0.15, 0.2) is 12.3 Å². The number of aryl methyl sites for hydroxylation is 1. The largest absolute Gasteiger partial charge is 0.383 e. The van der Waals surface area contributed by atoms with Gasteiger partial charge in [0.15, 0.2) is 5.78 Å². The first-order chi connectivity index (χ1) is 6.61. The fourth-order valence-corrected chi connectivity index (χ4v) is 1.77. The van der Waals surface area contributed by atoms with Crippen molar-refractivity contribution in [1.82, 2.24) is 4.98 Å². The monoisotopic (exact) mass is 190 g/mol. The summed E-state index contributed by atoms with van der Waals surface area (Å²) >= 11 is 0. The highest BCUT2D eigenvalue weighted by Gasteiger charge is 2.40. The molecule has 3 heteroatoms. The Morgan fingerprint density at radius 3 is 2.79 bits per heavy atom. The molecule has 2 atom stereocenters. The molecule has 1 fully saturated rings. The van der Waals surface area contributed by atoms with E-state index < -0.39 is 0 Å². The SMILES string of the molecule is Cc1ccnc(N)c1C(=O)C1CC1C. The second kappa shape index (κ2) is 3.08. The van der Waals surface area contributed by atoms with E-state index in [0.717, 1.165) is 12.0 Å². The summed E-state index contributed by atoms with van der Waals surface area (Å²) in [5, 5.41) is 0. The second-order valence-electron chi connectivity index (χ2n) is 4.07. The Balaban J connectivity index is 2.36. The Bertz CT molecular complexity index is 367. The van der Waals surface area contributed by atoms with Gasteiger partial charge in [-0.25, -0.2) is 4.98 Å². The molecule has 1 aromatic heterocycles. The zero-order valence-corrected chi connectivity index (χ0v) is 8.45. The topological polar surface area (TPSA) is 56.0 Å². The number of nitrogen functional groups attached to an aromatic ring is 1. The molecule has 0 saturated heterocycles. The van der Waals surface area contributed by atoms with E-state index >= 15 is 0 Å². The van der Waals surface area contributed by atoms with Crippen LogP contribution in [0.25, 0.3) is 0 Å². The Labute approximate surface area is 83.3 Å². The van der Waals surface area contributed by atoms with Gasteiger partial charge in [0.25, 0.3) is 0 Å². The third-order valence-electron chi connectivity index (χ3n) is 2.88. The smallest absolute Gasteiger partial charge is 0.170 e. The standard InChI is InChI=1S/C11H14N2O/c1-6-3-4-13-11(12)9(6)10(14)8-5-7(8)2/h3-4,7-8H,5H2,1-2H3,(H2,12,13). The molecule has 2 N–H and O–H groups in total. The van der Waals surface area contributed by atoms with Crippen LogP contribution in [0.5, 0.6) is 0 Å². The molecule has 0 aromatic carbocycles. The average molecular weight is 190 g/mol. The number of carbonyl (C=O) groups excluding carboxylic acids is 1. The number of anilines is 1. The summed E-state index contributed by atoms with van der Waals surface area (Å²) in [7, 11) is 0. The zero-order chi connectivity index (χ0) is 10.3. The molecule has 1 aliphatic carbocycles. The van der Waals surface area contributed by atoms with Crippen LogP contribution in [-0.2, 0) is 0 Å². The van der Waals surface area contributed by atoms with Crippen LogP contribution in [0.3, 0.4) is 0 Å². The van der Waals surface area contributed by atoms with Gasteiger partial charge in [-0.3, -0.25) is 4.79 Å². The summed E-state index contributed by atoms with van der Waals surface area (Å²) in [4.78, 5) is 15.9. The molecule has 1 saturated carbocycles. The van der Waals surface area contributed by atoms with Gasteiger partial charge in [0.05, 0.1) is 5.56 Å². The number of hydrogen-bond donors (Lipinski definition) is 1. The Morgan fingerprint density at radius 2 is 2.29 bits per heavy atom. The molecule has 0 aliphatic heterocycles. The maximum Gasteiger partial charge on any atom is 0.170 e. The van der Waals surface area contributed by atoms with E-state index in [9.17, 15) is 4.79 Å². The van der Waals surface area contributed by atoms with Gasteiger partial charge in [-0.05, 0) is 30.9 Å². The van der Waals surface area contributed by atoms with Crippen molar-refractivity contribution in [3.8, 4) is 0 Å². The first kappa shape index (κ1) is 9.19. The first-order valence-corrected chi connectivity index (χ1v) is 4.86. The van der Waals surface area contributed by atoms with Gasteiger partial charge in [-0.1, -0.05) is 6.92 Å². The lowest BCUT2D eigenvalue weighted by molar-refractivity contribution is 0.0962. The van der Waals surface area contributed by atoms with Crippen molar-refractivity contribution >= 4 is 11.6 Å². The lowest BCUT2D eigenvalue weighted by atomic mass is 10.0. The Kier molecular flexibility index (Phi) is 2.02. The number of ketones is 1. The van der Waals surface area contributed by atoms with E-state index in [1.54, 1.807) is 6.20 Å². The van der Waals surface area contributed by atoms with Crippen LogP contribution >= 0.6 is 0 Å². The molecule has 2 rings (SSSR count). The predicted molar refractivity (Wildman–Crippen MR) is 55.0 cm³/mol. The minimum atomic E-state index is 0.167. The number of nitrogens with two attached hydrogens (primary N) is 1. The maximum atomic E-state index is 11.9. The van der Waals surface area contributed by atoms with Gasteiger partial charge in [0, 0.05) is 12.1 Å². The summed E-state index contributed by atoms with van der Waals surface area (Å²) in [5.41, 5.74) is 7.26. The normalized spacial score (nSPS) is 24.7. The number of carbonyl (C=O) groups is 1. The molecule has 0 spiro atoms. The summed E-state index contributed by atoms with van der Waals surface area (Å²) in [5.74, 6) is 1.23. The van der Waals surface area contributed by atoms with E-state index in [2.05, 4.69) is 11.9 Å². The fourth-order valence-electron chi connectivity index (χ4n) is 1.77. The van der Waals surface area contributed by atoms with Crippen molar-refractivity contribution in [3.63, 3.8) is 0 Å². The van der Waals surface area contributed by atoms with E-state index in [1.165, 1.54) is 0 Å². The third kappa shape index (κ3) is 1.39. The lowest BCUT2D eigenvalue weighted by Crippen LogP contribution is -2.10. The van der Waals surface area contributed by atoms with Gasteiger partial charge in [0.2, 0.25) is 0 Å². The number of pyridine rings is 1. The van der Waals surface area contributed by atoms with E-state index in [4.69, 9.17) is 5.73 Å². The Hall–Kier alpha value is -1.38. The minimum Gasteiger partial charge on any atom is -0.383 e. The molecular formula is C11H14N2O. The summed E-state index contributed by atoms with van der Waals surface area (Å²) < 4.78 is 0. The molecule has 0 bridgehead atoms. The van der Waals surface area contributed by atoms with Gasteiger partial charge in [-0.2, -0.15) is 0 Å². The van der Waals surface area contributed by atoms with Crippen LogP contribution in [0.2, 0.25) is 0 Å². The highest BCUT2D eigenvalue weighted by molar-refractivity contribution is 6.04. The van der Waals surface area contributed by atoms with Gasteiger partial charge < -0.3 is 5.73 Å². The number of nitrogens with zero attached hydrogens (tertiary/aromatic N) is 1. The molecule has 0 radical (unpaired) electrons. The van der Waals surface area contributed by atoms with Gasteiger partial charge in [-0.15, -0.1) is 0 Å². The molecular weight excluding hydrogens is 176 g/mol. The van der Waals surface area contributed by atoms with Gasteiger partial charge in [0.1, 0.15) is 5.82 Å². The molecule has 2 unspecified atom stereocenters. The van der Waals surface area contributed by atoms with Crippen molar-refractivity contribution in [2.75, 3.05) is 5.73 Å². The molecule has 1 aromatic rings. The van der Waals surface area contributed by atoms with E-state index in [0.29, 0.717) is 17.3 Å². The zero-order valence-electron chi connectivity index (χ0n) is 8.45. The summed E-state index contributed by atoms with van der Waals surface area (Å²) in [6, 6.07) is 1.83. The highest BCUT2D eigenvalue weighted by Crippen LogP contribution is 2.41. The van der Waals surface area contributed by atoms with Crippen LogP contribution in [-0.4, -0.2) is 10.8 Å². The number of Topliss-reactive ketones (excluding diaryl/α,β-unsaturated/α-hetero) is 1. The Morgan fingerprint density at radius 1 is 1.64 bits per heavy atom. The van der Waals surface area contributed by atoms with Crippen LogP contribution in [0.4, 0.5) is 5.82 Å². The van der Waals surface area contributed by atoms with Gasteiger partial charge >= 0.3 is 0 Å². The summed E-state index contributed by atoms with van der Waals surface area (Å²) in [6.45, 7) is 3.99. The van der Waals surface area contributed by atoms with Crippen LogP contribution in [0, 0.1) is 18.8 Å². The average Bonchev–Trinajstić information content (AvgIpc) is 2.82. The quantitative estimate of drug-likeness (QED) is 0.723. The maximum absolute atomic E-state index is 11.9. The van der Waals surface area contributed by atoms with Crippen molar-refractivity contribution in [2.24, 2.45) is 11.8 Å². The van der Waals surface area contributed by atoms with E-state index in [1.807, 2.05) is 13.0 Å². The van der Waals surface area contributed by atoms with Crippen molar-refractivity contribution in [2.45, 2.75) is 20.3 Å². The minimum absolute atomic E-state index is 0.167. The number of rotatable bonds is 2. The lowest BCUT2D eigenvalue weighted by Gasteiger charge is -2.06. The first-order valence-electron chi connectivity index (χ1n) is 4.86. The molecule has 1 heterocycles. The highest BCUT2D eigenvalue weighted by atomic mass is 16.1. The molecule has 0 amide bonds. The molecule has 14 heavy (non-hydrogen) atoms. The van der Waals surface area contributed by atoms with Crippen molar-refractivity contribution in [3.05, 3.63) is 23.4 Å². The molecule has 1 aliphatic rings. The van der Waals surface area contributed by atoms with Crippen molar-refractivity contribution in [1.29, 1.82) is 0 Å². The van der Waals surface area contributed by atoms with Crippen LogP contribution in [0.1, 0.15) is 29.3 Å². The summed E-state index contributed by atoms with van der Waals surface area (Å²) in [6.07, 6.45) is 2.63.